The summed E-state index contributed by atoms with van der Waals surface area (Å²) in [7, 11) is 0. The van der Waals surface area contributed by atoms with Crippen molar-refractivity contribution in [1.82, 2.24) is 15.2 Å². The molecule has 0 unspecified atom stereocenters. The molecule has 2 rings (SSSR count). The summed E-state index contributed by atoms with van der Waals surface area (Å²) in [4.78, 5) is 15.5. The van der Waals surface area contributed by atoms with Crippen molar-refractivity contribution in [2.75, 3.05) is 11.1 Å². The summed E-state index contributed by atoms with van der Waals surface area (Å²) in [6, 6.07) is 3.22. The van der Waals surface area contributed by atoms with E-state index < -0.39 is 5.91 Å². The number of carbonyl (C=O) groups excluding carboxylic acids is 1. The van der Waals surface area contributed by atoms with Crippen LogP contribution in [-0.2, 0) is 0 Å². The molecule has 0 radical (unpaired) electrons. The van der Waals surface area contributed by atoms with Crippen LogP contribution in [0, 0.1) is 0 Å². The summed E-state index contributed by atoms with van der Waals surface area (Å²) in [6.07, 6.45) is 0. The number of carbonyl (C=O) groups is 1. The number of halogens is 3. The maximum atomic E-state index is 11.8. The van der Waals surface area contributed by atoms with Gasteiger partial charge in [0.05, 0.1) is 15.7 Å². The highest BCUT2D eigenvalue weighted by Gasteiger charge is 2.15. The number of aromatic nitrogens is 3. The standard InChI is InChI=1S/C9H6BrCl2N5O/c10-3-1-4(11)6(5(12)2-3)14-8(18)7-15-9(13)17-16-7/h1-2H,(H,14,18)(H3,13,15,16,17). The summed E-state index contributed by atoms with van der Waals surface area (Å²) >= 11 is 15.2. The largest absolute Gasteiger partial charge is 0.366 e. The zero-order chi connectivity index (χ0) is 13.3. The summed E-state index contributed by atoms with van der Waals surface area (Å²) < 4.78 is 0.708. The normalized spacial score (nSPS) is 10.4. The number of nitrogens with two attached hydrogens (primary N) is 1. The molecule has 0 aliphatic heterocycles. The Balaban J connectivity index is 2.27. The van der Waals surface area contributed by atoms with E-state index in [1.165, 1.54) is 0 Å². The molecule has 0 aliphatic rings. The summed E-state index contributed by atoms with van der Waals surface area (Å²) in [6.45, 7) is 0. The number of benzene rings is 1. The van der Waals surface area contributed by atoms with Gasteiger partial charge in [-0.05, 0) is 12.1 Å². The van der Waals surface area contributed by atoms with Crippen LogP contribution in [0.15, 0.2) is 16.6 Å². The molecule has 0 fully saturated rings. The molecule has 0 atom stereocenters. The molecule has 1 aromatic carbocycles. The number of amides is 1. The van der Waals surface area contributed by atoms with Crippen molar-refractivity contribution in [3.8, 4) is 0 Å². The first-order valence-electron chi connectivity index (χ1n) is 4.61. The average molecular weight is 351 g/mol. The van der Waals surface area contributed by atoms with Gasteiger partial charge in [0.1, 0.15) is 0 Å². The van der Waals surface area contributed by atoms with Gasteiger partial charge in [-0.25, -0.2) is 0 Å². The zero-order valence-electron chi connectivity index (χ0n) is 8.67. The van der Waals surface area contributed by atoms with Gasteiger partial charge < -0.3 is 11.1 Å². The Morgan fingerprint density at radius 1 is 1.39 bits per heavy atom. The van der Waals surface area contributed by atoms with Gasteiger partial charge in [0, 0.05) is 4.47 Å². The van der Waals surface area contributed by atoms with Crippen LogP contribution in [0.3, 0.4) is 0 Å². The van der Waals surface area contributed by atoms with E-state index in [0.29, 0.717) is 20.2 Å². The lowest BCUT2D eigenvalue weighted by Crippen LogP contribution is -2.14. The number of nitrogen functional groups attached to an aromatic ring is 1. The van der Waals surface area contributed by atoms with Crippen LogP contribution >= 0.6 is 39.1 Å². The molecule has 0 saturated heterocycles. The van der Waals surface area contributed by atoms with E-state index in [9.17, 15) is 4.79 Å². The van der Waals surface area contributed by atoms with Gasteiger partial charge >= 0.3 is 0 Å². The van der Waals surface area contributed by atoms with Crippen LogP contribution in [0.1, 0.15) is 10.6 Å². The molecule has 0 saturated carbocycles. The molecule has 0 aliphatic carbocycles. The third-order valence-electron chi connectivity index (χ3n) is 1.96. The van der Waals surface area contributed by atoms with Crippen molar-refractivity contribution in [2.24, 2.45) is 0 Å². The van der Waals surface area contributed by atoms with Crippen molar-refractivity contribution in [2.45, 2.75) is 0 Å². The van der Waals surface area contributed by atoms with E-state index in [2.05, 4.69) is 36.4 Å². The molecule has 0 bridgehead atoms. The number of hydrogen-bond acceptors (Lipinski definition) is 4. The number of nitrogens with one attached hydrogen (secondary N) is 2. The van der Waals surface area contributed by atoms with E-state index in [-0.39, 0.29) is 11.8 Å². The van der Waals surface area contributed by atoms with Crippen molar-refractivity contribution < 1.29 is 4.79 Å². The maximum Gasteiger partial charge on any atom is 0.293 e. The lowest BCUT2D eigenvalue weighted by atomic mass is 10.3. The molecule has 94 valence electrons. The predicted octanol–water partition coefficient (Wildman–Crippen LogP) is 2.71. The van der Waals surface area contributed by atoms with Gasteiger partial charge in [-0.3, -0.25) is 9.89 Å². The van der Waals surface area contributed by atoms with Crippen molar-refractivity contribution in [1.29, 1.82) is 0 Å². The fraction of sp³-hybridized carbons (Fsp3) is 0. The Bertz CT molecular complexity index is 592. The fourth-order valence-corrected chi connectivity index (χ4v) is 2.51. The fourth-order valence-electron chi connectivity index (χ4n) is 1.21. The van der Waals surface area contributed by atoms with E-state index in [1.54, 1.807) is 12.1 Å². The monoisotopic (exact) mass is 349 g/mol. The lowest BCUT2D eigenvalue weighted by Gasteiger charge is -2.08. The third-order valence-corrected chi connectivity index (χ3v) is 3.02. The Labute approximate surface area is 120 Å². The molecule has 1 amide bonds. The molecule has 1 aromatic heterocycles. The highest BCUT2D eigenvalue weighted by Crippen LogP contribution is 2.33. The van der Waals surface area contributed by atoms with Gasteiger partial charge in [-0.15, -0.1) is 5.10 Å². The summed E-state index contributed by atoms with van der Waals surface area (Å²) in [5, 5.41) is 9.05. The molecular weight excluding hydrogens is 345 g/mol. The van der Waals surface area contributed by atoms with Crippen LogP contribution in [0.5, 0.6) is 0 Å². The quantitative estimate of drug-likeness (QED) is 0.775. The van der Waals surface area contributed by atoms with Crippen LogP contribution in [0.4, 0.5) is 11.6 Å². The second kappa shape index (κ2) is 5.13. The highest BCUT2D eigenvalue weighted by atomic mass is 79.9. The van der Waals surface area contributed by atoms with Gasteiger partial charge in [-0.1, -0.05) is 39.1 Å². The maximum absolute atomic E-state index is 11.8. The summed E-state index contributed by atoms with van der Waals surface area (Å²) in [5.74, 6) is -0.582. The first kappa shape index (κ1) is 13.1. The number of aromatic amines is 1. The van der Waals surface area contributed by atoms with Gasteiger partial charge in [0.25, 0.3) is 5.91 Å². The van der Waals surface area contributed by atoms with Crippen LogP contribution in [-0.4, -0.2) is 21.1 Å². The number of nitrogens with zero attached hydrogens (tertiary/aromatic N) is 2. The second-order valence-electron chi connectivity index (χ2n) is 3.24. The van der Waals surface area contributed by atoms with Gasteiger partial charge in [-0.2, -0.15) is 4.98 Å². The molecular formula is C9H6BrCl2N5O. The van der Waals surface area contributed by atoms with Crippen LogP contribution in [0.2, 0.25) is 10.0 Å². The molecule has 2 aromatic rings. The smallest absolute Gasteiger partial charge is 0.293 e. The van der Waals surface area contributed by atoms with Gasteiger partial charge in [0.2, 0.25) is 11.8 Å². The minimum atomic E-state index is -0.537. The van der Waals surface area contributed by atoms with Crippen LogP contribution < -0.4 is 11.1 Å². The minimum absolute atomic E-state index is 0.0202. The van der Waals surface area contributed by atoms with E-state index in [1.807, 2.05) is 0 Å². The second-order valence-corrected chi connectivity index (χ2v) is 4.97. The van der Waals surface area contributed by atoms with Crippen LogP contribution in [0.25, 0.3) is 0 Å². The molecule has 9 heteroatoms. The third kappa shape index (κ3) is 2.74. The first-order chi connectivity index (χ1) is 8.47. The zero-order valence-corrected chi connectivity index (χ0v) is 11.8. The highest BCUT2D eigenvalue weighted by molar-refractivity contribution is 9.10. The van der Waals surface area contributed by atoms with Crippen molar-refractivity contribution >= 4 is 56.7 Å². The Hall–Kier alpha value is -1.31. The SMILES string of the molecule is Nc1n[nH]c(C(=O)Nc2c(Cl)cc(Br)cc2Cl)n1. The molecule has 6 nitrogen and oxygen atoms in total. The number of rotatable bonds is 2. The Morgan fingerprint density at radius 3 is 2.50 bits per heavy atom. The first-order valence-corrected chi connectivity index (χ1v) is 6.16. The van der Waals surface area contributed by atoms with E-state index in [0.717, 1.165) is 0 Å². The Kier molecular flexibility index (Phi) is 3.74. The molecule has 4 N–H and O–H groups in total. The van der Waals surface area contributed by atoms with Crippen molar-refractivity contribution in [3.05, 3.63) is 32.5 Å². The molecule has 18 heavy (non-hydrogen) atoms. The topological polar surface area (TPSA) is 96.7 Å². The number of anilines is 2. The van der Waals surface area contributed by atoms with E-state index >= 15 is 0 Å². The van der Waals surface area contributed by atoms with Crippen molar-refractivity contribution in [3.63, 3.8) is 0 Å². The summed E-state index contributed by atoms with van der Waals surface area (Å²) in [5.41, 5.74) is 5.59. The number of H-pyrrole nitrogens is 1. The lowest BCUT2D eigenvalue weighted by molar-refractivity contribution is 0.101. The van der Waals surface area contributed by atoms with E-state index in [4.69, 9.17) is 28.9 Å². The molecule has 0 spiro atoms. The predicted molar refractivity (Wildman–Crippen MR) is 72.9 cm³/mol. The minimum Gasteiger partial charge on any atom is -0.366 e. The average Bonchev–Trinajstić information content (AvgIpc) is 2.70. The number of hydrogen-bond donors (Lipinski definition) is 3. The Morgan fingerprint density at radius 2 is 2.00 bits per heavy atom. The van der Waals surface area contributed by atoms with Gasteiger partial charge in [0.15, 0.2) is 0 Å². The molecule has 1 heterocycles.